The second-order valence-electron chi connectivity index (χ2n) is 7.55. The molecule has 0 spiro atoms. The molecule has 0 radical (unpaired) electrons. The number of aliphatic hydroxyl groups excluding tert-OH is 1. The number of carboxylic acids is 1. The number of aliphatic carboxylic acids is 1. The second kappa shape index (κ2) is 12.9. The van der Waals surface area contributed by atoms with Crippen molar-refractivity contribution in [3.05, 3.63) is 11.1 Å². The monoisotopic (exact) mass is 368 g/mol. The molecule has 0 unspecified atom stereocenters. The van der Waals surface area contributed by atoms with E-state index in [9.17, 15) is 19.8 Å². The highest BCUT2D eigenvalue weighted by Crippen LogP contribution is 2.26. The van der Waals surface area contributed by atoms with Crippen LogP contribution in [0.2, 0.25) is 0 Å². The summed E-state index contributed by atoms with van der Waals surface area (Å²) in [4.78, 5) is 22.7. The van der Waals surface area contributed by atoms with Crippen molar-refractivity contribution >= 4 is 11.9 Å². The molecule has 1 rings (SSSR count). The molecule has 2 N–H and O–H groups in total. The van der Waals surface area contributed by atoms with Gasteiger partial charge >= 0.3 is 11.9 Å². The molecule has 0 bridgehead atoms. The highest BCUT2D eigenvalue weighted by atomic mass is 16.5. The average molecular weight is 369 g/mol. The molecule has 150 valence electrons. The first kappa shape index (κ1) is 22.7. The molecule has 1 aliphatic heterocycles. The Morgan fingerprint density at radius 1 is 0.962 bits per heavy atom. The number of hydrogen-bond donors (Lipinski definition) is 2. The molecule has 5 heteroatoms. The molecule has 1 aliphatic rings. The minimum Gasteiger partial charge on any atom is -0.478 e. The van der Waals surface area contributed by atoms with E-state index in [0.29, 0.717) is 6.42 Å². The van der Waals surface area contributed by atoms with Gasteiger partial charge in [0.1, 0.15) is 6.10 Å². The first-order valence-electron chi connectivity index (χ1n) is 10.3. The van der Waals surface area contributed by atoms with Gasteiger partial charge in [-0.1, -0.05) is 64.2 Å². The van der Waals surface area contributed by atoms with Crippen LogP contribution in [0.1, 0.15) is 97.3 Å². The van der Waals surface area contributed by atoms with Crippen molar-refractivity contribution in [1.29, 1.82) is 0 Å². The molecule has 0 aromatic rings. The van der Waals surface area contributed by atoms with Gasteiger partial charge in [0.05, 0.1) is 11.7 Å². The maximum atomic E-state index is 11.5. The van der Waals surface area contributed by atoms with E-state index in [2.05, 4.69) is 0 Å². The number of esters is 1. The van der Waals surface area contributed by atoms with Gasteiger partial charge in [0.15, 0.2) is 0 Å². The van der Waals surface area contributed by atoms with Crippen LogP contribution in [0.3, 0.4) is 0 Å². The maximum Gasteiger partial charge on any atom is 0.335 e. The Hall–Kier alpha value is -1.36. The lowest BCUT2D eigenvalue weighted by atomic mass is 10.00. The second-order valence-corrected chi connectivity index (χ2v) is 7.55. The molecule has 2 atom stereocenters. The van der Waals surface area contributed by atoms with E-state index in [1.165, 1.54) is 51.9 Å². The van der Waals surface area contributed by atoms with Gasteiger partial charge in [-0.3, -0.25) is 0 Å². The van der Waals surface area contributed by atoms with Crippen LogP contribution < -0.4 is 0 Å². The Morgan fingerprint density at radius 2 is 1.42 bits per heavy atom. The molecule has 1 heterocycles. The van der Waals surface area contributed by atoms with Crippen molar-refractivity contribution in [2.45, 2.75) is 110 Å². The first-order valence-corrected chi connectivity index (χ1v) is 10.3. The zero-order valence-corrected chi connectivity index (χ0v) is 16.5. The van der Waals surface area contributed by atoms with E-state index >= 15 is 0 Å². The third kappa shape index (κ3) is 8.84. The summed E-state index contributed by atoms with van der Waals surface area (Å²) in [7, 11) is 0. The van der Waals surface area contributed by atoms with Gasteiger partial charge in [-0.15, -0.1) is 0 Å². The van der Waals surface area contributed by atoms with Crippen LogP contribution in [0, 0.1) is 0 Å². The van der Waals surface area contributed by atoms with Crippen LogP contribution in [0.5, 0.6) is 0 Å². The SMILES string of the molecule is CC1=C(C(=O)O)[C@@H](CCCCCCCCCCCCC[C@H](C)O)OC1=O. The average Bonchev–Trinajstić information content (AvgIpc) is 2.86. The summed E-state index contributed by atoms with van der Waals surface area (Å²) in [5.74, 6) is -1.53. The molecule has 0 aromatic heterocycles. The Kier molecular flexibility index (Phi) is 11.3. The van der Waals surface area contributed by atoms with Gasteiger partial charge in [0, 0.05) is 5.57 Å². The van der Waals surface area contributed by atoms with Gasteiger partial charge in [0.25, 0.3) is 0 Å². The molecule has 5 nitrogen and oxygen atoms in total. The molecule has 0 fully saturated rings. The fourth-order valence-electron chi connectivity index (χ4n) is 3.49. The lowest BCUT2D eigenvalue weighted by molar-refractivity contribution is -0.140. The van der Waals surface area contributed by atoms with Crippen molar-refractivity contribution in [1.82, 2.24) is 0 Å². The van der Waals surface area contributed by atoms with E-state index < -0.39 is 18.0 Å². The minimum atomic E-state index is -1.04. The number of unbranched alkanes of at least 4 members (excludes halogenated alkanes) is 10. The number of hydrogen-bond acceptors (Lipinski definition) is 4. The highest BCUT2D eigenvalue weighted by molar-refractivity contribution is 6.03. The summed E-state index contributed by atoms with van der Waals surface area (Å²) in [6.07, 6.45) is 13.9. The van der Waals surface area contributed by atoms with Crippen LogP contribution in [0.4, 0.5) is 0 Å². The molecule has 0 aliphatic carbocycles. The van der Waals surface area contributed by atoms with E-state index in [0.717, 1.165) is 32.1 Å². The van der Waals surface area contributed by atoms with Gasteiger partial charge in [0.2, 0.25) is 0 Å². The van der Waals surface area contributed by atoms with Crippen LogP contribution in [0.25, 0.3) is 0 Å². The van der Waals surface area contributed by atoms with Gasteiger partial charge in [-0.2, -0.15) is 0 Å². The number of carbonyl (C=O) groups excluding carboxylic acids is 1. The number of cyclic esters (lactones) is 1. The number of ether oxygens (including phenoxy) is 1. The Morgan fingerprint density at radius 3 is 1.88 bits per heavy atom. The first-order chi connectivity index (χ1) is 12.4. The van der Waals surface area contributed by atoms with Crippen molar-refractivity contribution in [3.63, 3.8) is 0 Å². The zero-order chi connectivity index (χ0) is 19.4. The number of aliphatic hydroxyl groups is 1. The number of carboxylic acid groups (broad SMARTS) is 1. The maximum absolute atomic E-state index is 11.5. The normalized spacial score (nSPS) is 18.3. The summed E-state index contributed by atoms with van der Waals surface area (Å²) in [6.45, 7) is 3.38. The largest absolute Gasteiger partial charge is 0.478 e. The molecular weight excluding hydrogens is 332 g/mol. The van der Waals surface area contributed by atoms with E-state index in [1.54, 1.807) is 0 Å². The quantitative estimate of drug-likeness (QED) is 0.321. The van der Waals surface area contributed by atoms with Crippen molar-refractivity contribution < 1.29 is 24.5 Å². The standard InChI is InChI=1S/C21H36O5/c1-16(22)14-12-10-8-6-4-3-5-7-9-11-13-15-18-19(20(23)24)17(2)21(25)26-18/h16,18,22H,3-15H2,1-2H3,(H,23,24)/t16-,18+/m0/s1. The lowest BCUT2D eigenvalue weighted by Crippen LogP contribution is -2.17. The number of carbonyl (C=O) groups is 2. The summed E-state index contributed by atoms with van der Waals surface area (Å²) >= 11 is 0. The van der Waals surface area contributed by atoms with Gasteiger partial charge < -0.3 is 14.9 Å². The summed E-state index contributed by atoms with van der Waals surface area (Å²) in [5.41, 5.74) is 0.386. The third-order valence-corrected chi connectivity index (χ3v) is 5.10. The van der Waals surface area contributed by atoms with Crippen LogP contribution in [-0.2, 0) is 14.3 Å². The number of rotatable bonds is 15. The zero-order valence-electron chi connectivity index (χ0n) is 16.5. The van der Waals surface area contributed by atoms with Crippen LogP contribution in [0.15, 0.2) is 11.1 Å². The Labute approximate surface area is 157 Å². The summed E-state index contributed by atoms with van der Waals surface area (Å²) < 4.78 is 5.15. The molecule has 0 saturated heterocycles. The minimum absolute atomic E-state index is 0.142. The fourth-order valence-corrected chi connectivity index (χ4v) is 3.49. The topological polar surface area (TPSA) is 83.8 Å². The van der Waals surface area contributed by atoms with E-state index in [4.69, 9.17) is 4.74 Å². The third-order valence-electron chi connectivity index (χ3n) is 5.10. The molecule has 0 aromatic carbocycles. The van der Waals surface area contributed by atoms with Gasteiger partial charge in [-0.05, 0) is 33.1 Å². The Balaban J connectivity index is 1.94. The summed E-state index contributed by atoms with van der Waals surface area (Å²) in [6, 6.07) is 0. The summed E-state index contributed by atoms with van der Waals surface area (Å²) in [5, 5.41) is 18.4. The van der Waals surface area contributed by atoms with Crippen molar-refractivity contribution in [3.8, 4) is 0 Å². The van der Waals surface area contributed by atoms with E-state index in [-0.39, 0.29) is 17.3 Å². The Bertz CT molecular complexity index is 467. The van der Waals surface area contributed by atoms with Crippen molar-refractivity contribution in [2.24, 2.45) is 0 Å². The predicted molar refractivity (Wildman–Crippen MR) is 102 cm³/mol. The fraction of sp³-hybridized carbons (Fsp3) is 0.810. The highest BCUT2D eigenvalue weighted by Gasteiger charge is 2.35. The molecule has 0 amide bonds. The lowest BCUT2D eigenvalue weighted by Gasteiger charge is -2.11. The predicted octanol–water partition coefficient (Wildman–Crippen LogP) is 4.77. The van der Waals surface area contributed by atoms with Gasteiger partial charge in [-0.25, -0.2) is 9.59 Å². The molecule has 0 saturated carbocycles. The van der Waals surface area contributed by atoms with Crippen molar-refractivity contribution in [2.75, 3.05) is 0 Å². The molecule has 26 heavy (non-hydrogen) atoms. The smallest absolute Gasteiger partial charge is 0.335 e. The van der Waals surface area contributed by atoms with Crippen LogP contribution >= 0.6 is 0 Å². The van der Waals surface area contributed by atoms with E-state index in [1.807, 2.05) is 6.92 Å². The van der Waals surface area contributed by atoms with Crippen LogP contribution in [-0.4, -0.2) is 34.4 Å². The molecular formula is C21H36O5.